The van der Waals surface area contributed by atoms with Gasteiger partial charge >= 0.3 is 0 Å². The van der Waals surface area contributed by atoms with Gasteiger partial charge in [-0.15, -0.1) is 0 Å². The molecule has 0 aromatic heterocycles. The van der Waals surface area contributed by atoms with Gasteiger partial charge in [0, 0.05) is 30.8 Å². The molecule has 0 N–H and O–H groups in total. The van der Waals surface area contributed by atoms with Crippen molar-refractivity contribution in [2.24, 2.45) is 0 Å². The predicted molar refractivity (Wildman–Crippen MR) is 70.7 cm³/mol. The van der Waals surface area contributed by atoms with Crippen LogP contribution in [-0.2, 0) is 15.1 Å². The Morgan fingerprint density at radius 2 is 2.11 bits per heavy atom. The van der Waals surface area contributed by atoms with Crippen molar-refractivity contribution < 1.29 is 9.47 Å². The zero-order valence-electron chi connectivity index (χ0n) is 10.8. The fourth-order valence-corrected chi connectivity index (χ4v) is 3.17. The quantitative estimate of drug-likeness (QED) is 0.781. The van der Waals surface area contributed by atoms with Gasteiger partial charge in [0.2, 0.25) is 0 Å². The van der Waals surface area contributed by atoms with Gasteiger partial charge in [0.1, 0.15) is 0 Å². The van der Waals surface area contributed by atoms with E-state index in [1.807, 2.05) is 18.2 Å². The molecule has 1 aromatic carbocycles. The van der Waals surface area contributed by atoms with Crippen LogP contribution < -0.4 is 0 Å². The fraction of sp³-hybridized carbons (Fsp3) is 0.571. The molecule has 0 aliphatic carbocycles. The molecular weight excluding hydrogens is 250 g/mol. The van der Waals surface area contributed by atoms with Crippen molar-refractivity contribution in [2.45, 2.75) is 24.7 Å². The summed E-state index contributed by atoms with van der Waals surface area (Å²) in [5.74, 6) is 0. The van der Waals surface area contributed by atoms with E-state index in [1.54, 1.807) is 7.11 Å². The largest absolute Gasteiger partial charge is 0.352 e. The molecule has 0 bridgehead atoms. The number of nitrogens with zero attached hydrogens (tertiary/aromatic N) is 1. The molecule has 1 saturated heterocycles. The molecule has 3 rings (SSSR count). The maximum atomic E-state index is 6.21. The maximum absolute atomic E-state index is 6.21. The third-order valence-electron chi connectivity index (χ3n) is 4.10. The standard InChI is InChI=1S/C14H18ClNO2/c1-16-7-5-14(6-8-16)12-9-10(15)3-4-11(12)13(17-2)18-14/h3-4,9,13H,5-8H2,1-2H3. The van der Waals surface area contributed by atoms with E-state index in [9.17, 15) is 0 Å². The highest BCUT2D eigenvalue weighted by Crippen LogP contribution is 2.49. The zero-order chi connectivity index (χ0) is 12.8. The predicted octanol–water partition coefficient (Wildman–Crippen LogP) is 2.94. The van der Waals surface area contributed by atoms with Gasteiger partial charge < -0.3 is 14.4 Å². The van der Waals surface area contributed by atoms with E-state index >= 15 is 0 Å². The molecule has 1 aromatic rings. The molecule has 0 radical (unpaired) electrons. The van der Waals surface area contributed by atoms with Gasteiger partial charge in [0.05, 0.1) is 5.60 Å². The van der Waals surface area contributed by atoms with E-state index in [4.69, 9.17) is 21.1 Å². The number of benzene rings is 1. The zero-order valence-corrected chi connectivity index (χ0v) is 11.5. The minimum absolute atomic E-state index is 0.201. The summed E-state index contributed by atoms with van der Waals surface area (Å²) in [6, 6.07) is 5.98. The summed E-state index contributed by atoms with van der Waals surface area (Å²) in [6.45, 7) is 2.09. The van der Waals surface area contributed by atoms with Crippen molar-refractivity contribution in [1.82, 2.24) is 4.90 Å². The average Bonchev–Trinajstić information content (AvgIpc) is 2.67. The van der Waals surface area contributed by atoms with Gasteiger partial charge in [-0.3, -0.25) is 0 Å². The fourth-order valence-electron chi connectivity index (χ4n) is 3.00. The summed E-state index contributed by atoms with van der Waals surface area (Å²) >= 11 is 6.14. The Bertz CT molecular complexity index is 455. The van der Waals surface area contributed by atoms with Crippen LogP contribution in [0.1, 0.15) is 30.3 Å². The molecule has 4 heteroatoms. The highest BCUT2D eigenvalue weighted by Gasteiger charge is 2.46. The highest BCUT2D eigenvalue weighted by atomic mass is 35.5. The van der Waals surface area contributed by atoms with Crippen molar-refractivity contribution in [3.05, 3.63) is 34.3 Å². The summed E-state index contributed by atoms with van der Waals surface area (Å²) in [6.07, 6.45) is 1.74. The number of fused-ring (bicyclic) bond motifs is 2. The smallest absolute Gasteiger partial charge is 0.184 e. The molecule has 3 nitrogen and oxygen atoms in total. The first-order valence-electron chi connectivity index (χ1n) is 6.34. The summed E-state index contributed by atoms with van der Waals surface area (Å²) in [5, 5.41) is 0.771. The molecule has 0 saturated carbocycles. The van der Waals surface area contributed by atoms with E-state index in [0.717, 1.165) is 36.5 Å². The number of hydrogen-bond acceptors (Lipinski definition) is 3. The molecule has 98 valence electrons. The monoisotopic (exact) mass is 267 g/mol. The number of hydrogen-bond donors (Lipinski definition) is 0. The normalized spacial score (nSPS) is 26.5. The van der Waals surface area contributed by atoms with Crippen LogP contribution >= 0.6 is 11.6 Å². The lowest BCUT2D eigenvalue weighted by Crippen LogP contribution is -2.40. The Morgan fingerprint density at radius 3 is 2.78 bits per heavy atom. The Kier molecular flexibility index (Phi) is 3.10. The van der Waals surface area contributed by atoms with E-state index in [2.05, 4.69) is 11.9 Å². The number of likely N-dealkylation sites (tertiary alicyclic amines) is 1. The Labute approximate surface area is 113 Å². The van der Waals surface area contributed by atoms with Crippen molar-refractivity contribution in [2.75, 3.05) is 27.2 Å². The Hall–Kier alpha value is -0.610. The number of halogens is 1. The van der Waals surface area contributed by atoms with Gasteiger partial charge in [0.25, 0.3) is 0 Å². The number of methoxy groups -OCH3 is 1. The van der Waals surface area contributed by atoms with E-state index in [1.165, 1.54) is 5.56 Å². The molecule has 18 heavy (non-hydrogen) atoms. The summed E-state index contributed by atoms with van der Waals surface area (Å²) < 4.78 is 11.7. The first-order valence-corrected chi connectivity index (χ1v) is 6.71. The molecule has 1 unspecified atom stereocenters. The molecule has 1 fully saturated rings. The van der Waals surface area contributed by atoms with Crippen LogP contribution in [0.15, 0.2) is 18.2 Å². The van der Waals surface area contributed by atoms with Gasteiger partial charge in [-0.25, -0.2) is 0 Å². The second-order valence-electron chi connectivity index (χ2n) is 5.21. The second-order valence-corrected chi connectivity index (χ2v) is 5.65. The first kappa shape index (κ1) is 12.4. The lowest BCUT2D eigenvalue weighted by Gasteiger charge is -2.38. The second kappa shape index (κ2) is 4.49. The summed E-state index contributed by atoms with van der Waals surface area (Å²) in [7, 11) is 3.84. The third-order valence-corrected chi connectivity index (χ3v) is 4.34. The number of piperidine rings is 1. The topological polar surface area (TPSA) is 21.7 Å². The Morgan fingerprint density at radius 1 is 1.39 bits per heavy atom. The van der Waals surface area contributed by atoms with Crippen molar-refractivity contribution in [3.63, 3.8) is 0 Å². The Balaban J connectivity index is 2.02. The van der Waals surface area contributed by atoms with Gasteiger partial charge in [-0.05, 0) is 37.6 Å². The minimum atomic E-state index is -0.249. The highest BCUT2D eigenvalue weighted by molar-refractivity contribution is 6.30. The average molecular weight is 268 g/mol. The number of rotatable bonds is 1. The lowest BCUT2D eigenvalue weighted by atomic mass is 9.84. The molecule has 2 aliphatic rings. The van der Waals surface area contributed by atoms with Crippen LogP contribution in [0.3, 0.4) is 0 Å². The van der Waals surface area contributed by atoms with Crippen LogP contribution in [0.25, 0.3) is 0 Å². The lowest BCUT2D eigenvalue weighted by molar-refractivity contribution is -0.201. The van der Waals surface area contributed by atoms with Crippen molar-refractivity contribution in [3.8, 4) is 0 Å². The molecular formula is C14H18ClNO2. The van der Waals surface area contributed by atoms with Crippen LogP contribution in [-0.4, -0.2) is 32.1 Å². The van der Waals surface area contributed by atoms with Gasteiger partial charge in [-0.1, -0.05) is 17.7 Å². The van der Waals surface area contributed by atoms with Gasteiger partial charge in [-0.2, -0.15) is 0 Å². The summed E-state index contributed by atoms with van der Waals surface area (Å²) in [4.78, 5) is 2.33. The maximum Gasteiger partial charge on any atom is 0.184 e. The molecule has 1 atom stereocenters. The third kappa shape index (κ3) is 1.86. The van der Waals surface area contributed by atoms with Crippen LogP contribution in [0.5, 0.6) is 0 Å². The molecule has 1 spiro atoms. The number of ether oxygens (including phenoxy) is 2. The van der Waals surface area contributed by atoms with Crippen molar-refractivity contribution >= 4 is 11.6 Å². The van der Waals surface area contributed by atoms with Crippen LogP contribution in [0.4, 0.5) is 0 Å². The first-order chi connectivity index (χ1) is 8.64. The molecule has 0 amide bonds. The van der Waals surface area contributed by atoms with E-state index in [-0.39, 0.29) is 11.9 Å². The van der Waals surface area contributed by atoms with E-state index in [0.29, 0.717) is 0 Å². The van der Waals surface area contributed by atoms with E-state index < -0.39 is 0 Å². The van der Waals surface area contributed by atoms with Gasteiger partial charge in [0.15, 0.2) is 6.29 Å². The summed E-state index contributed by atoms with van der Waals surface area (Å²) in [5.41, 5.74) is 2.15. The minimum Gasteiger partial charge on any atom is -0.352 e. The van der Waals surface area contributed by atoms with Crippen LogP contribution in [0.2, 0.25) is 5.02 Å². The van der Waals surface area contributed by atoms with Crippen molar-refractivity contribution in [1.29, 1.82) is 0 Å². The molecule has 2 heterocycles. The van der Waals surface area contributed by atoms with Crippen LogP contribution in [0, 0.1) is 0 Å². The SMILES string of the molecule is COC1OC2(CCN(C)CC2)c2cc(Cl)ccc21. The molecule has 2 aliphatic heterocycles.